The lowest BCUT2D eigenvalue weighted by Gasteiger charge is -2.26. The Morgan fingerprint density at radius 1 is 1.06 bits per heavy atom. The Balaban J connectivity index is 1.56. The van der Waals surface area contributed by atoms with Gasteiger partial charge in [-0.1, -0.05) is 24.3 Å². The quantitative estimate of drug-likeness (QED) is 0.578. The summed E-state index contributed by atoms with van der Waals surface area (Å²) in [7, 11) is 3.12. The molecule has 3 aromatic rings. The number of nitrogens with one attached hydrogen (secondary N) is 1. The van der Waals surface area contributed by atoms with Crippen molar-refractivity contribution in [3.8, 4) is 11.5 Å². The number of amides is 2. The molecule has 0 radical (unpaired) electrons. The topological polar surface area (TPSA) is 67.9 Å². The maximum absolute atomic E-state index is 13.8. The van der Waals surface area contributed by atoms with E-state index in [9.17, 15) is 14.0 Å². The number of nitrogens with zero attached hydrogens (tertiary/aromatic N) is 1. The number of halogens is 1. The van der Waals surface area contributed by atoms with Crippen molar-refractivity contribution in [3.05, 3.63) is 83.7 Å². The van der Waals surface area contributed by atoms with Gasteiger partial charge in [0.2, 0.25) is 5.91 Å². The van der Waals surface area contributed by atoms with E-state index in [4.69, 9.17) is 9.47 Å². The van der Waals surface area contributed by atoms with Gasteiger partial charge in [-0.2, -0.15) is 0 Å². The molecule has 0 aromatic heterocycles. The fraction of sp³-hybridized carbons (Fsp3) is 0.167. The highest BCUT2D eigenvalue weighted by Crippen LogP contribution is 2.45. The molecule has 3 aromatic carbocycles. The summed E-state index contributed by atoms with van der Waals surface area (Å²) in [5.74, 6) is 0.388. The maximum Gasteiger partial charge on any atom is 0.258 e. The van der Waals surface area contributed by atoms with E-state index >= 15 is 0 Å². The predicted molar refractivity (Wildman–Crippen MR) is 123 cm³/mol. The van der Waals surface area contributed by atoms with E-state index in [2.05, 4.69) is 5.32 Å². The molecule has 4 rings (SSSR count). The molecule has 1 aliphatic rings. The molecule has 1 unspecified atom stereocenters. The van der Waals surface area contributed by atoms with Crippen LogP contribution in [0.1, 0.15) is 21.3 Å². The van der Waals surface area contributed by atoms with E-state index in [1.165, 1.54) is 30.0 Å². The highest BCUT2D eigenvalue weighted by atomic mass is 32.2. The summed E-state index contributed by atoms with van der Waals surface area (Å²) >= 11 is 1.51. The summed E-state index contributed by atoms with van der Waals surface area (Å²) < 4.78 is 24.6. The monoisotopic (exact) mass is 452 g/mol. The third kappa shape index (κ3) is 4.27. The summed E-state index contributed by atoms with van der Waals surface area (Å²) in [5.41, 5.74) is 2.06. The van der Waals surface area contributed by atoms with E-state index in [0.717, 1.165) is 5.56 Å². The van der Waals surface area contributed by atoms with Crippen LogP contribution in [-0.4, -0.2) is 31.8 Å². The molecular formula is C24H21FN2O4S. The van der Waals surface area contributed by atoms with Gasteiger partial charge < -0.3 is 14.8 Å². The van der Waals surface area contributed by atoms with E-state index in [1.807, 2.05) is 12.1 Å². The zero-order chi connectivity index (χ0) is 22.7. The molecule has 1 aliphatic heterocycles. The first-order valence-electron chi connectivity index (χ1n) is 9.83. The van der Waals surface area contributed by atoms with Crippen molar-refractivity contribution >= 4 is 35.0 Å². The third-order valence-corrected chi connectivity index (χ3v) is 6.30. The van der Waals surface area contributed by atoms with Crippen LogP contribution < -0.4 is 19.7 Å². The van der Waals surface area contributed by atoms with Gasteiger partial charge in [0.25, 0.3) is 5.91 Å². The molecule has 32 heavy (non-hydrogen) atoms. The van der Waals surface area contributed by atoms with Gasteiger partial charge in [-0.05, 0) is 42.0 Å². The lowest BCUT2D eigenvalue weighted by molar-refractivity contribution is -0.115. The average molecular weight is 453 g/mol. The fourth-order valence-corrected chi connectivity index (χ4v) is 4.66. The number of anilines is 2. The molecule has 1 fully saturated rings. The zero-order valence-corrected chi connectivity index (χ0v) is 18.3. The number of hydrogen-bond acceptors (Lipinski definition) is 5. The standard InChI is InChI=1S/C24H21FN2O4S/c1-30-17-11-12-20(21(13-17)31-2)27-22(28)14-32-24(27)15-7-9-16(10-8-15)26-23(29)18-5-3-4-6-19(18)25/h3-13,24H,14H2,1-2H3,(H,26,29). The highest BCUT2D eigenvalue weighted by Gasteiger charge is 2.35. The van der Waals surface area contributed by atoms with Crippen molar-refractivity contribution < 1.29 is 23.5 Å². The van der Waals surface area contributed by atoms with Crippen LogP contribution in [0.2, 0.25) is 0 Å². The SMILES string of the molecule is COc1ccc(N2C(=O)CSC2c2ccc(NC(=O)c3ccccc3F)cc2)c(OC)c1. The molecule has 1 N–H and O–H groups in total. The van der Waals surface area contributed by atoms with E-state index in [1.54, 1.807) is 55.5 Å². The van der Waals surface area contributed by atoms with Gasteiger partial charge in [-0.25, -0.2) is 4.39 Å². The second-order valence-electron chi connectivity index (χ2n) is 7.02. The molecule has 8 heteroatoms. The first-order valence-corrected chi connectivity index (χ1v) is 10.9. The molecule has 1 atom stereocenters. The Kier molecular flexibility index (Phi) is 6.32. The normalized spacial score (nSPS) is 15.5. The smallest absolute Gasteiger partial charge is 0.258 e. The van der Waals surface area contributed by atoms with E-state index < -0.39 is 11.7 Å². The Morgan fingerprint density at radius 3 is 2.50 bits per heavy atom. The first kappa shape index (κ1) is 21.7. The van der Waals surface area contributed by atoms with Crippen LogP contribution in [0.4, 0.5) is 15.8 Å². The van der Waals surface area contributed by atoms with Crippen LogP contribution in [-0.2, 0) is 4.79 Å². The third-order valence-electron chi connectivity index (χ3n) is 5.09. The minimum absolute atomic E-state index is 0.0219. The van der Waals surface area contributed by atoms with Crippen molar-refractivity contribution in [1.82, 2.24) is 0 Å². The van der Waals surface area contributed by atoms with Crippen molar-refractivity contribution in [2.24, 2.45) is 0 Å². The summed E-state index contributed by atoms with van der Waals surface area (Å²) in [4.78, 5) is 26.8. The molecule has 0 spiro atoms. The van der Waals surface area contributed by atoms with Crippen molar-refractivity contribution in [2.45, 2.75) is 5.37 Å². The molecule has 0 saturated carbocycles. The number of methoxy groups -OCH3 is 2. The number of hydrogen-bond donors (Lipinski definition) is 1. The second kappa shape index (κ2) is 9.32. The van der Waals surface area contributed by atoms with Gasteiger partial charge in [0.15, 0.2) is 0 Å². The van der Waals surface area contributed by atoms with Gasteiger partial charge >= 0.3 is 0 Å². The molecule has 2 amide bonds. The minimum Gasteiger partial charge on any atom is -0.497 e. The van der Waals surface area contributed by atoms with Crippen molar-refractivity contribution in [3.63, 3.8) is 0 Å². The van der Waals surface area contributed by atoms with Gasteiger partial charge in [0.1, 0.15) is 22.7 Å². The lowest BCUT2D eigenvalue weighted by Crippen LogP contribution is -2.28. The van der Waals surface area contributed by atoms with Gasteiger partial charge in [0, 0.05) is 11.8 Å². The second-order valence-corrected chi connectivity index (χ2v) is 8.09. The van der Waals surface area contributed by atoms with Crippen LogP contribution in [0.25, 0.3) is 0 Å². The number of carbonyl (C=O) groups excluding carboxylic acids is 2. The van der Waals surface area contributed by atoms with E-state index in [0.29, 0.717) is 28.6 Å². The van der Waals surface area contributed by atoms with E-state index in [-0.39, 0.29) is 16.8 Å². The summed E-state index contributed by atoms with van der Waals surface area (Å²) in [6.07, 6.45) is 0. The largest absolute Gasteiger partial charge is 0.497 e. The summed E-state index contributed by atoms with van der Waals surface area (Å²) in [6, 6.07) is 18.3. The Labute approximate surface area is 189 Å². The number of thioether (sulfide) groups is 1. The summed E-state index contributed by atoms with van der Waals surface area (Å²) in [5, 5.41) is 2.45. The fourth-order valence-electron chi connectivity index (χ4n) is 3.49. The number of ether oxygens (including phenoxy) is 2. The maximum atomic E-state index is 13.8. The minimum atomic E-state index is -0.577. The van der Waals surface area contributed by atoms with Crippen LogP contribution in [0.3, 0.4) is 0 Å². The zero-order valence-electron chi connectivity index (χ0n) is 17.5. The molecule has 0 bridgehead atoms. The van der Waals surface area contributed by atoms with Gasteiger partial charge in [-0.15, -0.1) is 11.8 Å². The number of carbonyl (C=O) groups is 2. The lowest BCUT2D eigenvalue weighted by atomic mass is 10.1. The number of benzene rings is 3. The van der Waals surface area contributed by atoms with Gasteiger partial charge in [0.05, 0.1) is 31.2 Å². The van der Waals surface area contributed by atoms with Crippen LogP contribution in [0.5, 0.6) is 11.5 Å². The molecule has 1 heterocycles. The summed E-state index contributed by atoms with van der Waals surface area (Å²) in [6.45, 7) is 0. The Morgan fingerprint density at radius 2 is 1.81 bits per heavy atom. The average Bonchev–Trinajstić information content (AvgIpc) is 3.20. The molecule has 0 aliphatic carbocycles. The molecule has 1 saturated heterocycles. The van der Waals surface area contributed by atoms with Crippen molar-refractivity contribution in [2.75, 3.05) is 30.2 Å². The first-order chi connectivity index (χ1) is 15.5. The predicted octanol–water partition coefficient (Wildman–Crippen LogP) is 4.87. The number of rotatable bonds is 6. The molecular weight excluding hydrogens is 431 g/mol. The van der Waals surface area contributed by atoms with Crippen molar-refractivity contribution in [1.29, 1.82) is 0 Å². The van der Waals surface area contributed by atoms with Crippen LogP contribution >= 0.6 is 11.8 Å². The molecule has 164 valence electrons. The molecule has 6 nitrogen and oxygen atoms in total. The highest BCUT2D eigenvalue weighted by molar-refractivity contribution is 8.00. The van der Waals surface area contributed by atoms with Crippen LogP contribution in [0.15, 0.2) is 66.7 Å². The van der Waals surface area contributed by atoms with Crippen LogP contribution in [0, 0.1) is 5.82 Å². The Hall–Kier alpha value is -3.52. The van der Waals surface area contributed by atoms with Gasteiger partial charge in [-0.3, -0.25) is 14.5 Å². The Bertz CT molecular complexity index is 1150.